The molecule has 0 spiro atoms. The topological polar surface area (TPSA) is 20.3 Å². The monoisotopic (exact) mass is 275 g/mol. The van der Waals surface area contributed by atoms with Crippen LogP contribution in [0.15, 0.2) is 18.2 Å². The van der Waals surface area contributed by atoms with E-state index in [9.17, 15) is 4.79 Å². The van der Waals surface area contributed by atoms with Crippen LogP contribution in [-0.2, 0) is 4.79 Å². The van der Waals surface area contributed by atoms with Gasteiger partial charge in [0.25, 0.3) is 0 Å². The summed E-state index contributed by atoms with van der Waals surface area (Å²) in [5, 5.41) is 1.09. The molecule has 5 heteroatoms. The molecule has 0 aliphatic carbocycles. The van der Waals surface area contributed by atoms with E-state index in [1.54, 1.807) is 24.8 Å². The largest absolute Gasteiger partial charge is 0.326 e. The smallest absolute Gasteiger partial charge is 0.220 e. The third-order valence-electron chi connectivity index (χ3n) is 2.54. The molecule has 2 nitrogen and oxygen atoms in total. The average Bonchev–Trinajstić information content (AvgIpc) is 2.70. The zero-order valence-corrected chi connectivity index (χ0v) is 11.1. The van der Waals surface area contributed by atoms with Crippen LogP contribution in [0.4, 0.5) is 0 Å². The maximum absolute atomic E-state index is 11.5. The van der Waals surface area contributed by atoms with Crippen LogP contribution >= 0.6 is 35.0 Å². The van der Waals surface area contributed by atoms with Gasteiger partial charge in [0.2, 0.25) is 5.91 Å². The van der Waals surface area contributed by atoms with Crippen molar-refractivity contribution in [3.05, 3.63) is 33.8 Å². The Morgan fingerprint density at radius 3 is 2.94 bits per heavy atom. The molecule has 0 N–H and O–H groups in total. The van der Waals surface area contributed by atoms with Crippen molar-refractivity contribution in [2.24, 2.45) is 0 Å². The van der Waals surface area contributed by atoms with Gasteiger partial charge in [0.05, 0.1) is 10.0 Å². The van der Waals surface area contributed by atoms with Crippen molar-refractivity contribution in [1.82, 2.24) is 4.90 Å². The van der Waals surface area contributed by atoms with Crippen LogP contribution in [-0.4, -0.2) is 23.1 Å². The second-order valence-corrected chi connectivity index (χ2v) is 5.55. The summed E-state index contributed by atoms with van der Waals surface area (Å²) in [4.78, 5) is 13.3. The Morgan fingerprint density at radius 2 is 2.25 bits per heavy atom. The Balaban J connectivity index is 2.36. The van der Waals surface area contributed by atoms with Gasteiger partial charge in [-0.15, -0.1) is 11.8 Å². The fourth-order valence-corrected chi connectivity index (χ4v) is 3.57. The Morgan fingerprint density at radius 1 is 1.50 bits per heavy atom. The molecule has 1 heterocycles. The maximum Gasteiger partial charge on any atom is 0.220 e. The van der Waals surface area contributed by atoms with Gasteiger partial charge in [-0.3, -0.25) is 4.79 Å². The first-order chi connectivity index (χ1) is 7.61. The lowest BCUT2D eigenvalue weighted by molar-refractivity contribution is -0.128. The predicted molar refractivity (Wildman–Crippen MR) is 69.0 cm³/mol. The van der Waals surface area contributed by atoms with Crippen LogP contribution in [0.1, 0.15) is 17.9 Å². The highest BCUT2D eigenvalue weighted by molar-refractivity contribution is 7.99. The van der Waals surface area contributed by atoms with Crippen LogP contribution < -0.4 is 0 Å². The molecular weight excluding hydrogens is 265 g/mol. The number of carbonyl (C=O) groups is 1. The van der Waals surface area contributed by atoms with E-state index in [-0.39, 0.29) is 11.3 Å². The van der Waals surface area contributed by atoms with E-state index < -0.39 is 0 Å². The summed E-state index contributed by atoms with van der Waals surface area (Å²) >= 11 is 13.9. The average molecular weight is 276 g/mol. The molecule has 0 aromatic heterocycles. The summed E-state index contributed by atoms with van der Waals surface area (Å²) < 4.78 is 0. The second-order valence-electron chi connectivity index (χ2n) is 3.58. The van der Waals surface area contributed by atoms with Crippen LogP contribution in [0.5, 0.6) is 0 Å². The van der Waals surface area contributed by atoms with Gasteiger partial charge in [-0.25, -0.2) is 0 Å². The zero-order chi connectivity index (χ0) is 11.7. The van der Waals surface area contributed by atoms with Gasteiger partial charge in [0, 0.05) is 24.8 Å². The molecule has 0 bridgehead atoms. The molecule has 16 heavy (non-hydrogen) atoms. The quantitative estimate of drug-likeness (QED) is 0.781. The number of amides is 1. The summed E-state index contributed by atoms with van der Waals surface area (Å²) in [7, 11) is 0. The van der Waals surface area contributed by atoms with E-state index in [1.807, 2.05) is 17.0 Å². The number of thioether (sulfide) groups is 1. The highest BCUT2D eigenvalue weighted by atomic mass is 35.5. The van der Waals surface area contributed by atoms with E-state index in [4.69, 9.17) is 23.2 Å². The molecule has 0 unspecified atom stereocenters. The number of hydrogen-bond acceptors (Lipinski definition) is 2. The van der Waals surface area contributed by atoms with Gasteiger partial charge in [-0.05, 0) is 6.07 Å². The van der Waals surface area contributed by atoms with Crippen molar-refractivity contribution < 1.29 is 4.79 Å². The van der Waals surface area contributed by atoms with Crippen LogP contribution in [0.25, 0.3) is 0 Å². The first-order valence-corrected chi connectivity index (χ1v) is 6.74. The molecule has 1 atom stereocenters. The van der Waals surface area contributed by atoms with Crippen molar-refractivity contribution in [1.29, 1.82) is 0 Å². The zero-order valence-electron chi connectivity index (χ0n) is 8.74. The molecule has 1 aliphatic rings. The number of halogens is 2. The summed E-state index contributed by atoms with van der Waals surface area (Å²) in [5.41, 5.74) is 0.923. The number of benzene rings is 1. The Hall–Kier alpha value is -0.380. The van der Waals surface area contributed by atoms with Crippen molar-refractivity contribution in [3.63, 3.8) is 0 Å². The molecule has 86 valence electrons. The minimum Gasteiger partial charge on any atom is -0.326 e. The molecule has 1 saturated heterocycles. The fraction of sp³-hybridized carbons (Fsp3) is 0.364. The van der Waals surface area contributed by atoms with Crippen LogP contribution in [0, 0.1) is 0 Å². The molecule has 1 fully saturated rings. The van der Waals surface area contributed by atoms with Gasteiger partial charge in [0.1, 0.15) is 5.37 Å². The summed E-state index contributed by atoms with van der Waals surface area (Å²) in [5.74, 6) is 1.01. The molecular formula is C11H11Cl2NOS. The predicted octanol–water partition coefficient (Wildman–Crippen LogP) is 3.59. The van der Waals surface area contributed by atoms with Gasteiger partial charge in [-0.2, -0.15) is 0 Å². The van der Waals surface area contributed by atoms with E-state index in [2.05, 4.69) is 0 Å². The van der Waals surface area contributed by atoms with Crippen molar-refractivity contribution in [2.45, 2.75) is 12.3 Å². The standard InChI is InChI=1S/C11H11Cl2NOS/c1-7(15)14-5-6-16-11(14)8-3-2-4-9(12)10(8)13/h2-4,11H,5-6H2,1H3/t11-/m1/s1. The number of carbonyl (C=O) groups excluding carboxylic acids is 1. The Bertz CT molecular complexity index is 424. The summed E-state index contributed by atoms with van der Waals surface area (Å²) in [6.07, 6.45) is 0. The fourth-order valence-electron chi connectivity index (χ4n) is 1.76. The summed E-state index contributed by atoms with van der Waals surface area (Å²) in [6.45, 7) is 2.35. The highest BCUT2D eigenvalue weighted by Crippen LogP contribution is 2.42. The second kappa shape index (κ2) is 4.86. The molecule has 0 radical (unpaired) electrons. The number of nitrogens with zero attached hydrogens (tertiary/aromatic N) is 1. The minimum absolute atomic E-state index is 0.00343. The first kappa shape index (κ1) is 12.1. The van der Waals surface area contributed by atoms with Gasteiger partial charge >= 0.3 is 0 Å². The van der Waals surface area contributed by atoms with Crippen LogP contribution in [0.2, 0.25) is 10.0 Å². The SMILES string of the molecule is CC(=O)N1CCS[C@@H]1c1cccc(Cl)c1Cl. The lowest BCUT2D eigenvalue weighted by atomic mass is 10.2. The van der Waals surface area contributed by atoms with E-state index in [0.29, 0.717) is 10.0 Å². The number of hydrogen-bond donors (Lipinski definition) is 0. The van der Waals surface area contributed by atoms with Crippen molar-refractivity contribution >= 4 is 40.9 Å². The van der Waals surface area contributed by atoms with Crippen molar-refractivity contribution in [3.8, 4) is 0 Å². The Kier molecular flexibility index (Phi) is 3.67. The molecule has 1 aromatic carbocycles. The number of rotatable bonds is 1. The lowest BCUT2D eigenvalue weighted by Crippen LogP contribution is -2.27. The minimum atomic E-state index is 0.00343. The van der Waals surface area contributed by atoms with Crippen molar-refractivity contribution in [2.75, 3.05) is 12.3 Å². The molecule has 2 rings (SSSR count). The normalized spacial score (nSPS) is 20.2. The molecule has 1 amide bonds. The Labute approximate surface area is 109 Å². The molecule has 1 aliphatic heterocycles. The first-order valence-electron chi connectivity index (χ1n) is 4.94. The lowest BCUT2D eigenvalue weighted by Gasteiger charge is -2.23. The molecule has 1 aromatic rings. The van der Waals surface area contributed by atoms with E-state index in [1.165, 1.54) is 0 Å². The molecule has 0 saturated carbocycles. The van der Waals surface area contributed by atoms with Gasteiger partial charge in [-0.1, -0.05) is 35.3 Å². The third-order valence-corrected chi connectivity index (χ3v) is 4.62. The summed E-state index contributed by atoms with van der Waals surface area (Å²) in [6, 6.07) is 5.54. The highest BCUT2D eigenvalue weighted by Gasteiger charge is 2.30. The van der Waals surface area contributed by atoms with Crippen LogP contribution in [0.3, 0.4) is 0 Å². The van der Waals surface area contributed by atoms with Gasteiger partial charge < -0.3 is 4.90 Å². The van der Waals surface area contributed by atoms with E-state index in [0.717, 1.165) is 17.9 Å². The maximum atomic E-state index is 11.5. The van der Waals surface area contributed by atoms with E-state index >= 15 is 0 Å². The van der Waals surface area contributed by atoms with Gasteiger partial charge in [0.15, 0.2) is 0 Å². The third kappa shape index (κ3) is 2.17.